The van der Waals surface area contributed by atoms with E-state index in [1.807, 2.05) is 4.90 Å². The Morgan fingerprint density at radius 3 is 2.54 bits per heavy atom. The van der Waals surface area contributed by atoms with Gasteiger partial charge in [-0.25, -0.2) is 9.37 Å². The second-order valence-corrected chi connectivity index (χ2v) is 5.87. The van der Waals surface area contributed by atoms with Crippen LogP contribution in [-0.2, 0) is 6.18 Å². The molecule has 0 atom stereocenters. The standard InChI is InChI=1S/C16H17F4N3O/c17-12-3-1-2-11-13(10-14(16(18,19)20)21-15(11)12)23-6-4-22(5-7-23)8-9-24/h1-3,10,24H,4-9H2/p+1. The molecule has 1 saturated heterocycles. The van der Waals surface area contributed by atoms with Crippen molar-refractivity contribution in [1.82, 2.24) is 4.98 Å². The van der Waals surface area contributed by atoms with E-state index in [1.165, 1.54) is 11.0 Å². The molecule has 24 heavy (non-hydrogen) atoms. The summed E-state index contributed by atoms with van der Waals surface area (Å²) in [5, 5.41) is 9.37. The van der Waals surface area contributed by atoms with Crippen LogP contribution in [0.4, 0.5) is 23.2 Å². The second kappa shape index (κ2) is 6.52. The average Bonchev–Trinajstić information content (AvgIpc) is 2.55. The number of para-hydroxylation sites is 1. The summed E-state index contributed by atoms with van der Waals surface area (Å²) in [6, 6.07) is 5.18. The molecule has 0 aliphatic carbocycles. The van der Waals surface area contributed by atoms with E-state index in [9.17, 15) is 17.6 Å². The van der Waals surface area contributed by atoms with Gasteiger partial charge in [0, 0.05) is 11.1 Å². The third-order valence-corrected chi connectivity index (χ3v) is 4.34. The van der Waals surface area contributed by atoms with Crippen molar-refractivity contribution in [3.8, 4) is 0 Å². The Morgan fingerprint density at radius 2 is 1.92 bits per heavy atom. The van der Waals surface area contributed by atoms with Gasteiger partial charge < -0.3 is 14.9 Å². The number of piperazine rings is 1. The molecular weight excluding hydrogens is 326 g/mol. The third kappa shape index (κ3) is 3.29. The molecule has 2 N–H and O–H groups in total. The molecule has 2 heterocycles. The van der Waals surface area contributed by atoms with Gasteiger partial charge in [0.15, 0.2) is 0 Å². The van der Waals surface area contributed by atoms with Crippen LogP contribution in [0, 0.1) is 5.82 Å². The van der Waals surface area contributed by atoms with Gasteiger partial charge in [-0.3, -0.25) is 0 Å². The summed E-state index contributed by atoms with van der Waals surface area (Å²) < 4.78 is 53.3. The largest absolute Gasteiger partial charge is 0.433 e. The minimum Gasteiger partial charge on any atom is -0.391 e. The van der Waals surface area contributed by atoms with Crippen molar-refractivity contribution in [3.63, 3.8) is 0 Å². The van der Waals surface area contributed by atoms with Crippen LogP contribution in [0.1, 0.15) is 5.69 Å². The molecule has 0 saturated carbocycles. The Balaban J connectivity index is 2.02. The monoisotopic (exact) mass is 344 g/mol. The summed E-state index contributed by atoms with van der Waals surface area (Å²) in [5.41, 5.74) is -0.984. The Hall–Kier alpha value is -1.93. The van der Waals surface area contributed by atoms with Gasteiger partial charge in [0.25, 0.3) is 0 Å². The summed E-state index contributed by atoms with van der Waals surface area (Å²) in [5.74, 6) is -0.760. The average molecular weight is 344 g/mol. The topological polar surface area (TPSA) is 40.8 Å². The molecule has 0 amide bonds. The Kier molecular flexibility index (Phi) is 4.60. The molecule has 0 radical (unpaired) electrons. The first-order chi connectivity index (χ1) is 11.4. The van der Waals surface area contributed by atoms with Crippen molar-refractivity contribution < 1.29 is 27.6 Å². The Labute approximate surface area is 136 Å². The van der Waals surface area contributed by atoms with E-state index >= 15 is 0 Å². The van der Waals surface area contributed by atoms with E-state index in [1.54, 1.807) is 6.07 Å². The number of anilines is 1. The maximum Gasteiger partial charge on any atom is 0.433 e. The van der Waals surface area contributed by atoms with Gasteiger partial charge in [-0.2, -0.15) is 13.2 Å². The van der Waals surface area contributed by atoms with Crippen molar-refractivity contribution in [2.75, 3.05) is 44.2 Å². The maximum absolute atomic E-state index is 14.0. The number of nitrogens with zero attached hydrogens (tertiary/aromatic N) is 2. The first kappa shape index (κ1) is 16.9. The second-order valence-electron chi connectivity index (χ2n) is 5.87. The van der Waals surface area contributed by atoms with Crippen LogP contribution in [0.3, 0.4) is 0 Å². The molecule has 1 aliphatic heterocycles. The van der Waals surface area contributed by atoms with Crippen LogP contribution in [-0.4, -0.2) is 49.4 Å². The third-order valence-electron chi connectivity index (χ3n) is 4.34. The number of pyridine rings is 1. The lowest BCUT2D eigenvalue weighted by Crippen LogP contribution is -3.15. The Morgan fingerprint density at radius 1 is 1.21 bits per heavy atom. The fraction of sp³-hybridized carbons (Fsp3) is 0.438. The molecule has 1 fully saturated rings. The van der Waals surface area contributed by atoms with E-state index in [2.05, 4.69) is 4.98 Å². The number of benzene rings is 1. The number of aliphatic hydroxyl groups excluding tert-OH is 1. The summed E-state index contributed by atoms with van der Waals surface area (Å²) >= 11 is 0. The maximum atomic E-state index is 14.0. The minimum atomic E-state index is -4.63. The normalized spacial score (nSPS) is 16.8. The fourth-order valence-electron chi connectivity index (χ4n) is 3.07. The van der Waals surface area contributed by atoms with Gasteiger partial charge in [-0.05, 0) is 12.1 Å². The van der Waals surface area contributed by atoms with Gasteiger partial charge in [-0.15, -0.1) is 0 Å². The zero-order chi connectivity index (χ0) is 17.3. The van der Waals surface area contributed by atoms with Crippen LogP contribution in [0.2, 0.25) is 0 Å². The number of halogens is 4. The first-order valence-corrected chi connectivity index (χ1v) is 7.76. The SMILES string of the molecule is OCC[NH+]1CCN(c2cc(C(F)(F)F)nc3c(F)cccc23)CC1. The molecule has 1 aliphatic rings. The summed E-state index contributed by atoms with van der Waals surface area (Å²) in [6.07, 6.45) is -4.63. The highest BCUT2D eigenvalue weighted by molar-refractivity contribution is 5.92. The molecule has 1 aromatic carbocycles. The predicted molar refractivity (Wildman–Crippen MR) is 81.6 cm³/mol. The zero-order valence-electron chi connectivity index (χ0n) is 12.9. The number of nitrogens with one attached hydrogen (secondary N) is 1. The highest BCUT2D eigenvalue weighted by Crippen LogP contribution is 2.35. The number of rotatable bonds is 3. The number of fused-ring (bicyclic) bond motifs is 1. The van der Waals surface area contributed by atoms with Crippen molar-refractivity contribution >= 4 is 16.6 Å². The lowest BCUT2D eigenvalue weighted by molar-refractivity contribution is -0.900. The molecule has 0 unspecified atom stereocenters. The van der Waals surface area contributed by atoms with Gasteiger partial charge >= 0.3 is 6.18 Å². The van der Waals surface area contributed by atoms with Crippen LogP contribution >= 0.6 is 0 Å². The van der Waals surface area contributed by atoms with E-state index in [0.29, 0.717) is 43.8 Å². The van der Waals surface area contributed by atoms with Crippen LogP contribution in [0.15, 0.2) is 24.3 Å². The molecule has 1 aromatic heterocycles. The molecule has 0 bridgehead atoms. The van der Waals surface area contributed by atoms with Crippen molar-refractivity contribution in [1.29, 1.82) is 0 Å². The Bertz CT molecular complexity index is 727. The van der Waals surface area contributed by atoms with Crippen LogP contribution in [0.5, 0.6) is 0 Å². The van der Waals surface area contributed by atoms with E-state index in [-0.39, 0.29) is 12.1 Å². The fourth-order valence-corrected chi connectivity index (χ4v) is 3.07. The van der Waals surface area contributed by atoms with E-state index in [4.69, 9.17) is 5.11 Å². The molecule has 4 nitrogen and oxygen atoms in total. The smallest absolute Gasteiger partial charge is 0.391 e. The number of aliphatic hydroxyl groups is 1. The number of hydrogen-bond acceptors (Lipinski definition) is 3. The van der Waals surface area contributed by atoms with Gasteiger partial charge in [0.05, 0.1) is 32.8 Å². The van der Waals surface area contributed by atoms with Gasteiger partial charge in [-0.1, -0.05) is 12.1 Å². The van der Waals surface area contributed by atoms with E-state index < -0.39 is 17.7 Å². The van der Waals surface area contributed by atoms with Crippen LogP contribution in [0.25, 0.3) is 10.9 Å². The van der Waals surface area contributed by atoms with Gasteiger partial charge in [0.1, 0.15) is 23.6 Å². The summed E-state index contributed by atoms with van der Waals surface area (Å²) in [4.78, 5) is 6.52. The number of quaternary nitrogens is 1. The lowest BCUT2D eigenvalue weighted by atomic mass is 10.1. The number of hydrogen-bond donors (Lipinski definition) is 2. The van der Waals surface area contributed by atoms with Gasteiger partial charge in [0.2, 0.25) is 0 Å². The summed E-state index contributed by atoms with van der Waals surface area (Å²) in [6.45, 7) is 3.21. The summed E-state index contributed by atoms with van der Waals surface area (Å²) in [7, 11) is 0. The first-order valence-electron chi connectivity index (χ1n) is 7.76. The highest BCUT2D eigenvalue weighted by Gasteiger charge is 2.34. The number of alkyl halides is 3. The predicted octanol–water partition coefficient (Wildman–Crippen LogP) is 1.09. The number of aromatic nitrogens is 1. The molecular formula is C16H18F4N3O+. The highest BCUT2D eigenvalue weighted by atomic mass is 19.4. The molecule has 8 heteroatoms. The van der Waals surface area contributed by atoms with Crippen molar-refractivity contribution in [2.24, 2.45) is 0 Å². The van der Waals surface area contributed by atoms with Crippen molar-refractivity contribution in [3.05, 3.63) is 35.8 Å². The minimum absolute atomic E-state index is 0.0803. The molecule has 2 aromatic rings. The zero-order valence-corrected chi connectivity index (χ0v) is 12.9. The molecule has 0 spiro atoms. The van der Waals surface area contributed by atoms with Crippen LogP contribution < -0.4 is 9.80 Å². The lowest BCUT2D eigenvalue weighted by Gasteiger charge is -2.34. The molecule has 3 rings (SSSR count). The van der Waals surface area contributed by atoms with E-state index in [0.717, 1.165) is 12.1 Å². The quantitative estimate of drug-likeness (QED) is 0.819. The van der Waals surface area contributed by atoms with Crippen molar-refractivity contribution in [2.45, 2.75) is 6.18 Å². The molecule has 130 valence electrons.